The number of hydrogen-bond donors (Lipinski definition) is 3. The molecule has 2 amide bonds. The van der Waals surface area contributed by atoms with Crippen molar-refractivity contribution in [2.75, 3.05) is 6.54 Å². The van der Waals surface area contributed by atoms with E-state index < -0.39 is 17.4 Å². The summed E-state index contributed by atoms with van der Waals surface area (Å²) in [5, 5.41) is 11.8. The molecule has 2 rings (SSSR count). The van der Waals surface area contributed by atoms with Crippen molar-refractivity contribution in [3.05, 3.63) is 45.8 Å². The normalized spacial score (nSPS) is 10.6. The van der Waals surface area contributed by atoms with Gasteiger partial charge in [0.2, 0.25) is 5.91 Å². The van der Waals surface area contributed by atoms with Gasteiger partial charge in [-0.1, -0.05) is 24.5 Å². The lowest BCUT2D eigenvalue weighted by Gasteiger charge is -2.06. The number of aryl methyl sites for hydroxylation is 1. The van der Waals surface area contributed by atoms with Crippen LogP contribution in [0.4, 0.5) is 0 Å². The third kappa shape index (κ3) is 5.42. The standard InChI is InChI=1S/C18H22N2O5/c1-12-7-8-15-13(10-12)11-14(18(23)25-15)17(22)19-9-5-3-2-4-6-16(21)20-24/h7-8,10-11,24H,2-6,9H2,1H3,(H,19,22)(H,20,21). The highest BCUT2D eigenvalue weighted by atomic mass is 16.5. The molecule has 0 aliphatic heterocycles. The predicted molar refractivity (Wildman–Crippen MR) is 92.6 cm³/mol. The summed E-state index contributed by atoms with van der Waals surface area (Å²) in [6, 6.07) is 6.97. The molecule has 0 aliphatic rings. The van der Waals surface area contributed by atoms with E-state index in [4.69, 9.17) is 9.62 Å². The van der Waals surface area contributed by atoms with Crippen molar-refractivity contribution < 1.29 is 19.2 Å². The maximum absolute atomic E-state index is 12.2. The quantitative estimate of drug-likeness (QED) is 0.294. The van der Waals surface area contributed by atoms with Gasteiger partial charge >= 0.3 is 5.63 Å². The molecular weight excluding hydrogens is 324 g/mol. The highest BCUT2D eigenvalue weighted by Crippen LogP contribution is 2.15. The largest absolute Gasteiger partial charge is 0.422 e. The van der Waals surface area contributed by atoms with E-state index in [-0.39, 0.29) is 12.0 Å². The molecule has 0 aliphatic carbocycles. The zero-order chi connectivity index (χ0) is 18.2. The smallest absolute Gasteiger partial charge is 0.349 e. The number of hydrogen-bond acceptors (Lipinski definition) is 5. The molecule has 3 N–H and O–H groups in total. The van der Waals surface area contributed by atoms with Crippen molar-refractivity contribution in [1.29, 1.82) is 0 Å². The average Bonchev–Trinajstić information content (AvgIpc) is 2.60. The molecule has 2 aromatic rings. The highest BCUT2D eigenvalue weighted by Gasteiger charge is 2.13. The van der Waals surface area contributed by atoms with Crippen molar-refractivity contribution >= 4 is 22.8 Å². The van der Waals surface area contributed by atoms with Crippen LogP contribution in [-0.4, -0.2) is 23.6 Å². The van der Waals surface area contributed by atoms with Crippen molar-refractivity contribution in [1.82, 2.24) is 10.8 Å². The van der Waals surface area contributed by atoms with Crippen LogP contribution in [0.5, 0.6) is 0 Å². The second-order valence-electron chi connectivity index (χ2n) is 5.94. The SMILES string of the molecule is Cc1ccc2oc(=O)c(C(=O)NCCCCCCC(=O)NO)cc2c1. The van der Waals surface area contributed by atoms with Crippen LogP contribution in [0.3, 0.4) is 0 Å². The van der Waals surface area contributed by atoms with Gasteiger partial charge in [0.15, 0.2) is 0 Å². The van der Waals surface area contributed by atoms with Gasteiger partial charge in [-0.15, -0.1) is 0 Å². The van der Waals surface area contributed by atoms with E-state index in [9.17, 15) is 14.4 Å². The molecule has 0 radical (unpaired) electrons. The van der Waals surface area contributed by atoms with Crippen LogP contribution in [0.2, 0.25) is 0 Å². The molecule has 1 aromatic carbocycles. The number of fused-ring (bicyclic) bond motifs is 1. The fraction of sp³-hybridized carbons (Fsp3) is 0.389. The van der Waals surface area contributed by atoms with Crippen LogP contribution in [0, 0.1) is 6.92 Å². The predicted octanol–water partition coefficient (Wildman–Crippen LogP) is 2.29. The number of rotatable bonds is 8. The molecule has 0 fully saturated rings. The Morgan fingerprint density at radius 1 is 1.12 bits per heavy atom. The van der Waals surface area contributed by atoms with Crippen LogP contribution in [0.15, 0.2) is 33.5 Å². The Hall–Kier alpha value is -2.67. The van der Waals surface area contributed by atoms with Gasteiger partial charge < -0.3 is 9.73 Å². The van der Waals surface area contributed by atoms with E-state index in [0.29, 0.717) is 23.9 Å². The van der Waals surface area contributed by atoms with Crippen LogP contribution >= 0.6 is 0 Å². The Morgan fingerprint density at radius 3 is 2.64 bits per heavy atom. The number of nitrogens with one attached hydrogen (secondary N) is 2. The van der Waals surface area contributed by atoms with E-state index in [0.717, 1.165) is 24.8 Å². The molecule has 0 bridgehead atoms. The highest BCUT2D eigenvalue weighted by molar-refractivity contribution is 5.96. The summed E-state index contributed by atoms with van der Waals surface area (Å²) in [4.78, 5) is 34.9. The Labute approximate surface area is 145 Å². The number of hydroxylamine groups is 1. The topological polar surface area (TPSA) is 109 Å². The van der Waals surface area contributed by atoms with Gasteiger partial charge in [-0.3, -0.25) is 14.8 Å². The van der Waals surface area contributed by atoms with E-state index >= 15 is 0 Å². The van der Waals surface area contributed by atoms with Gasteiger partial charge in [-0.2, -0.15) is 0 Å². The average molecular weight is 346 g/mol. The van der Waals surface area contributed by atoms with Gasteiger partial charge in [0, 0.05) is 18.4 Å². The van der Waals surface area contributed by atoms with Crippen LogP contribution in [-0.2, 0) is 4.79 Å². The van der Waals surface area contributed by atoms with Gasteiger partial charge in [0.25, 0.3) is 5.91 Å². The molecule has 0 saturated carbocycles. The van der Waals surface area contributed by atoms with Crippen molar-refractivity contribution in [3.8, 4) is 0 Å². The summed E-state index contributed by atoms with van der Waals surface area (Å²) in [6.45, 7) is 2.37. The van der Waals surface area contributed by atoms with Crippen molar-refractivity contribution in [3.63, 3.8) is 0 Å². The maximum atomic E-state index is 12.2. The molecule has 1 heterocycles. The van der Waals surface area contributed by atoms with E-state index in [1.165, 1.54) is 0 Å². The first-order valence-electron chi connectivity index (χ1n) is 8.27. The molecule has 1 aromatic heterocycles. The molecule has 0 saturated heterocycles. The molecule has 134 valence electrons. The molecule has 0 spiro atoms. The molecule has 0 atom stereocenters. The summed E-state index contributed by atoms with van der Waals surface area (Å²) < 4.78 is 5.19. The minimum absolute atomic E-state index is 0.00211. The molecule has 7 nitrogen and oxygen atoms in total. The Kier molecular flexibility index (Phi) is 6.71. The Morgan fingerprint density at radius 2 is 1.88 bits per heavy atom. The molecular formula is C18H22N2O5. The van der Waals surface area contributed by atoms with Gasteiger partial charge in [-0.25, -0.2) is 10.3 Å². The molecule has 25 heavy (non-hydrogen) atoms. The van der Waals surface area contributed by atoms with Gasteiger partial charge in [0.1, 0.15) is 11.1 Å². The summed E-state index contributed by atoms with van der Waals surface area (Å²) in [5.41, 5.74) is 2.41. The van der Waals surface area contributed by atoms with Gasteiger partial charge in [-0.05, 0) is 38.0 Å². The summed E-state index contributed by atoms with van der Waals surface area (Å²) in [5.74, 6) is -0.844. The zero-order valence-corrected chi connectivity index (χ0v) is 14.1. The maximum Gasteiger partial charge on any atom is 0.349 e. The first kappa shape index (κ1) is 18.7. The summed E-state index contributed by atoms with van der Waals surface area (Å²) >= 11 is 0. The molecule has 7 heteroatoms. The van der Waals surface area contributed by atoms with Crippen molar-refractivity contribution in [2.24, 2.45) is 0 Å². The number of unbranched alkanes of at least 4 members (excludes halogenated alkanes) is 3. The lowest BCUT2D eigenvalue weighted by Crippen LogP contribution is -2.29. The van der Waals surface area contributed by atoms with Crippen LogP contribution in [0.25, 0.3) is 11.0 Å². The number of benzene rings is 1. The third-order valence-corrected chi connectivity index (χ3v) is 3.87. The number of carbonyl (C=O) groups is 2. The Balaban J connectivity index is 1.83. The van der Waals surface area contributed by atoms with E-state index in [1.807, 2.05) is 19.1 Å². The lowest BCUT2D eigenvalue weighted by atomic mass is 10.1. The lowest BCUT2D eigenvalue weighted by molar-refractivity contribution is -0.129. The van der Waals surface area contributed by atoms with Crippen LogP contribution in [0.1, 0.15) is 48.0 Å². The summed E-state index contributed by atoms with van der Waals surface area (Å²) in [7, 11) is 0. The molecule has 0 unspecified atom stereocenters. The van der Waals surface area contributed by atoms with Gasteiger partial charge in [0.05, 0.1) is 0 Å². The second-order valence-corrected chi connectivity index (χ2v) is 5.94. The minimum atomic E-state index is -0.649. The second kappa shape index (κ2) is 8.98. The number of amides is 2. The Bertz CT molecular complexity index is 813. The summed E-state index contributed by atoms with van der Waals surface area (Å²) in [6.07, 6.45) is 3.35. The van der Waals surface area contributed by atoms with Crippen molar-refractivity contribution in [2.45, 2.75) is 39.0 Å². The first-order valence-corrected chi connectivity index (χ1v) is 8.27. The number of carbonyl (C=O) groups excluding carboxylic acids is 2. The minimum Gasteiger partial charge on any atom is -0.422 e. The first-order chi connectivity index (χ1) is 12.0. The monoisotopic (exact) mass is 346 g/mol. The third-order valence-electron chi connectivity index (χ3n) is 3.87. The fourth-order valence-corrected chi connectivity index (χ4v) is 2.52. The van der Waals surface area contributed by atoms with E-state index in [2.05, 4.69) is 5.32 Å². The fourth-order valence-electron chi connectivity index (χ4n) is 2.52. The van der Waals surface area contributed by atoms with Crippen LogP contribution < -0.4 is 16.4 Å². The zero-order valence-electron chi connectivity index (χ0n) is 14.1. The van der Waals surface area contributed by atoms with E-state index in [1.54, 1.807) is 17.6 Å².